The molecule has 2 rings (SSSR count). The molecule has 1 aromatic rings. The summed E-state index contributed by atoms with van der Waals surface area (Å²) < 4.78 is 31.6. The molecule has 0 radical (unpaired) electrons. The highest BCUT2D eigenvalue weighted by atomic mass is 32.2. The predicted molar refractivity (Wildman–Crippen MR) is 73.9 cm³/mol. The lowest BCUT2D eigenvalue weighted by Gasteiger charge is -2.13. The zero-order valence-electron chi connectivity index (χ0n) is 11.5. The first-order chi connectivity index (χ1) is 9.76. The van der Waals surface area contributed by atoms with Crippen LogP contribution in [0.1, 0.15) is 6.42 Å². The second kappa shape index (κ2) is 5.34. The number of sulfonamides is 1. The lowest BCUT2D eigenvalue weighted by molar-refractivity contribution is -0.137. The minimum absolute atomic E-state index is 0.00743. The maximum absolute atomic E-state index is 12.3. The molecule has 2 amide bonds. The number of amides is 2. The number of nitrogens with two attached hydrogens (primary N) is 1. The molecule has 1 aliphatic rings. The monoisotopic (exact) mass is 313 g/mol. The highest BCUT2D eigenvalue weighted by Crippen LogP contribution is 2.24. The number of carbonyl (C=O) groups is 2. The van der Waals surface area contributed by atoms with Gasteiger partial charge in [0.1, 0.15) is 16.7 Å². The lowest BCUT2D eigenvalue weighted by atomic mass is 10.3. The van der Waals surface area contributed by atoms with Gasteiger partial charge in [-0.05, 0) is 12.1 Å². The van der Waals surface area contributed by atoms with Gasteiger partial charge in [0.2, 0.25) is 21.8 Å². The Hall–Kier alpha value is -2.13. The Kier molecular flexibility index (Phi) is 3.88. The molecule has 0 bridgehead atoms. The van der Waals surface area contributed by atoms with Crippen LogP contribution in [0.15, 0.2) is 23.1 Å². The molecular formula is C12H15N3O5S. The van der Waals surface area contributed by atoms with Crippen molar-refractivity contribution in [2.75, 3.05) is 19.9 Å². The normalized spacial score (nSPS) is 19.1. The fourth-order valence-corrected chi connectivity index (χ4v) is 3.30. The van der Waals surface area contributed by atoms with Crippen molar-refractivity contribution < 1.29 is 22.7 Å². The molecule has 8 nitrogen and oxygen atoms in total. The average molecular weight is 313 g/mol. The Balaban J connectivity index is 2.27. The summed E-state index contributed by atoms with van der Waals surface area (Å²) in [7, 11) is -1.27. The largest absolute Gasteiger partial charge is 0.497 e. The third-order valence-corrected chi connectivity index (χ3v) is 4.73. The van der Waals surface area contributed by atoms with Crippen molar-refractivity contribution in [1.29, 1.82) is 0 Å². The smallest absolute Gasteiger partial charge is 0.247 e. The summed E-state index contributed by atoms with van der Waals surface area (Å²) in [5.41, 5.74) is 5.68. The third-order valence-electron chi connectivity index (χ3n) is 3.19. The van der Waals surface area contributed by atoms with Gasteiger partial charge in [0, 0.05) is 13.1 Å². The molecule has 1 unspecified atom stereocenters. The van der Waals surface area contributed by atoms with Crippen LogP contribution >= 0.6 is 0 Å². The summed E-state index contributed by atoms with van der Waals surface area (Å²) in [5.74, 6) is -0.607. The minimum atomic E-state index is -4.01. The molecule has 1 aliphatic heterocycles. The SMILES string of the molecule is COc1ccc(S(=O)(=O)NC2CC(=O)N(C)C2=O)c(N)c1. The van der Waals surface area contributed by atoms with Crippen LogP contribution in [0.4, 0.5) is 5.69 Å². The quantitative estimate of drug-likeness (QED) is 0.561. The number of carbonyl (C=O) groups excluding carboxylic acids is 2. The molecule has 114 valence electrons. The molecule has 0 aromatic heterocycles. The van der Waals surface area contributed by atoms with E-state index in [1.54, 1.807) is 0 Å². The number of likely N-dealkylation sites (N-methyl/N-ethyl adjacent to an activating group) is 1. The molecule has 0 saturated carbocycles. The Morgan fingerprint density at radius 2 is 2.05 bits per heavy atom. The van der Waals surface area contributed by atoms with E-state index in [9.17, 15) is 18.0 Å². The first-order valence-corrected chi connectivity index (χ1v) is 7.51. The second-order valence-electron chi connectivity index (χ2n) is 4.57. The Bertz CT molecular complexity index is 701. The summed E-state index contributed by atoms with van der Waals surface area (Å²) in [6, 6.07) is 2.98. The van der Waals surface area contributed by atoms with Gasteiger partial charge in [0.15, 0.2) is 0 Å². The van der Waals surface area contributed by atoms with Gasteiger partial charge in [-0.3, -0.25) is 14.5 Å². The number of imide groups is 1. The number of nitrogens with zero attached hydrogens (tertiary/aromatic N) is 1. The van der Waals surface area contributed by atoms with Crippen LogP contribution < -0.4 is 15.2 Å². The van der Waals surface area contributed by atoms with Gasteiger partial charge in [-0.1, -0.05) is 0 Å². The van der Waals surface area contributed by atoms with Gasteiger partial charge in [-0.15, -0.1) is 0 Å². The summed E-state index contributed by atoms with van der Waals surface area (Å²) in [5, 5.41) is 0. The van der Waals surface area contributed by atoms with Gasteiger partial charge in [-0.25, -0.2) is 8.42 Å². The number of rotatable bonds is 4. The number of benzene rings is 1. The maximum atomic E-state index is 12.3. The number of nitrogen functional groups attached to an aromatic ring is 1. The number of likely N-dealkylation sites (tertiary alicyclic amines) is 1. The number of hydrogen-bond acceptors (Lipinski definition) is 6. The van der Waals surface area contributed by atoms with Gasteiger partial charge in [-0.2, -0.15) is 4.72 Å². The standard InChI is InChI=1S/C12H15N3O5S/c1-15-11(16)6-9(12(15)17)14-21(18,19)10-4-3-7(20-2)5-8(10)13/h3-5,9,14H,6,13H2,1-2H3. The van der Waals surface area contributed by atoms with Crippen molar-refractivity contribution in [1.82, 2.24) is 9.62 Å². The maximum Gasteiger partial charge on any atom is 0.247 e. The number of hydrogen-bond donors (Lipinski definition) is 2. The second-order valence-corrected chi connectivity index (χ2v) is 6.26. The van der Waals surface area contributed by atoms with Crippen LogP contribution in [0.5, 0.6) is 5.75 Å². The molecule has 1 aromatic carbocycles. The Labute approximate surface area is 121 Å². The average Bonchev–Trinajstić information content (AvgIpc) is 2.65. The fourth-order valence-electron chi connectivity index (χ4n) is 2.00. The predicted octanol–water partition coefficient (Wildman–Crippen LogP) is -0.687. The van der Waals surface area contributed by atoms with Crippen molar-refractivity contribution in [3.63, 3.8) is 0 Å². The number of anilines is 1. The van der Waals surface area contributed by atoms with Crippen molar-refractivity contribution in [2.45, 2.75) is 17.4 Å². The van der Waals surface area contributed by atoms with E-state index in [1.807, 2.05) is 0 Å². The van der Waals surface area contributed by atoms with E-state index >= 15 is 0 Å². The molecule has 9 heteroatoms. The molecule has 0 aliphatic carbocycles. The third kappa shape index (κ3) is 2.83. The van der Waals surface area contributed by atoms with Crippen LogP contribution in [-0.2, 0) is 19.6 Å². The van der Waals surface area contributed by atoms with Crippen LogP contribution in [0.3, 0.4) is 0 Å². The van der Waals surface area contributed by atoms with E-state index in [4.69, 9.17) is 10.5 Å². The van der Waals surface area contributed by atoms with Crippen LogP contribution in [0, 0.1) is 0 Å². The lowest BCUT2D eigenvalue weighted by Crippen LogP contribution is -2.40. The molecule has 0 spiro atoms. The summed E-state index contributed by atoms with van der Waals surface area (Å²) >= 11 is 0. The van der Waals surface area contributed by atoms with Crippen LogP contribution in [0.25, 0.3) is 0 Å². The first kappa shape index (κ1) is 15.3. The van der Waals surface area contributed by atoms with Crippen molar-refractivity contribution in [3.8, 4) is 5.75 Å². The summed E-state index contributed by atoms with van der Waals surface area (Å²) in [6.07, 6.45) is -0.204. The topological polar surface area (TPSA) is 119 Å². The van der Waals surface area contributed by atoms with Gasteiger partial charge >= 0.3 is 0 Å². The highest BCUT2D eigenvalue weighted by molar-refractivity contribution is 7.89. The van der Waals surface area contributed by atoms with E-state index in [2.05, 4.69) is 4.72 Å². The van der Waals surface area contributed by atoms with Crippen molar-refractivity contribution in [3.05, 3.63) is 18.2 Å². The molecule has 21 heavy (non-hydrogen) atoms. The molecule has 1 saturated heterocycles. The zero-order valence-corrected chi connectivity index (χ0v) is 12.3. The minimum Gasteiger partial charge on any atom is -0.497 e. The van der Waals surface area contributed by atoms with E-state index in [0.717, 1.165) is 4.90 Å². The molecule has 3 N–H and O–H groups in total. The fraction of sp³-hybridized carbons (Fsp3) is 0.333. The number of nitrogens with one attached hydrogen (secondary N) is 1. The Morgan fingerprint density at radius 3 is 2.52 bits per heavy atom. The van der Waals surface area contributed by atoms with E-state index in [1.165, 1.54) is 32.4 Å². The van der Waals surface area contributed by atoms with Gasteiger partial charge in [0.05, 0.1) is 19.2 Å². The summed E-state index contributed by atoms with van der Waals surface area (Å²) in [6.45, 7) is 0. The number of ether oxygens (including phenoxy) is 1. The van der Waals surface area contributed by atoms with Crippen LogP contribution in [0.2, 0.25) is 0 Å². The molecular weight excluding hydrogens is 298 g/mol. The first-order valence-electron chi connectivity index (χ1n) is 6.02. The van der Waals surface area contributed by atoms with E-state index in [0.29, 0.717) is 5.75 Å². The molecule has 1 atom stereocenters. The number of methoxy groups -OCH3 is 1. The molecule has 1 fully saturated rings. The Morgan fingerprint density at radius 1 is 1.38 bits per heavy atom. The summed E-state index contributed by atoms with van der Waals surface area (Å²) in [4.78, 5) is 23.9. The highest BCUT2D eigenvalue weighted by Gasteiger charge is 2.39. The van der Waals surface area contributed by atoms with E-state index in [-0.39, 0.29) is 17.0 Å². The van der Waals surface area contributed by atoms with Crippen molar-refractivity contribution in [2.24, 2.45) is 0 Å². The zero-order chi connectivity index (χ0) is 15.8. The van der Waals surface area contributed by atoms with Crippen molar-refractivity contribution >= 4 is 27.5 Å². The van der Waals surface area contributed by atoms with Crippen LogP contribution in [-0.4, -0.2) is 45.3 Å². The molecule has 1 heterocycles. The van der Waals surface area contributed by atoms with E-state index < -0.39 is 27.9 Å². The van der Waals surface area contributed by atoms with Gasteiger partial charge in [0.25, 0.3) is 0 Å². The van der Waals surface area contributed by atoms with Gasteiger partial charge < -0.3 is 10.5 Å².